The highest BCUT2D eigenvalue weighted by atomic mass is 14.1. The quantitative estimate of drug-likeness (QED) is 0.618. The maximum Gasteiger partial charge on any atom is -0.00333 e. The molecule has 0 atom stereocenters. The van der Waals surface area contributed by atoms with Crippen LogP contribution in [0.3, 0.4) is 0 Å². The van der Waals surface area contributed by atoms with E-state index in [4.69, 9.17) is 0 Å². The van der Waals surface area contributed by atoms with Gasteiger partial charge in [0.1, 0.15) is 0 Å². The second-order valence-electron chi connectivity index (χ2n) is 4.56. The van der Waals surface area contributed by atoms with Crippen LogP contribution in [0.2, 0.25) is 0 Å². The molecule has 0 spiro atoms. The minimum absolute atomic E-state index is 1.09. The molecule has 0 saturated carbocycles. The van der Waals surface area contributed by atoms with Gasteiger partial charge in [-0.25, -0.2) is 0 Å². The van der Waals surface area contributed by atoms with Gasteiger partial charge in [0.15, 0.2) is 0 Å². The molecule has 0 fully saturated rings. The molecule has 0 aromatic heterocycles. The molecule has 0 bridgehead atoms. The van der Waals surface area contributed by atoms with E-state index in [0.717, 1.165) is 12.8 Å². The van der Waals surface area contributed by atoms with Crippen LogP contribution in [-0.2, 0) is 6.42 Å². The average Bonchev–Trinajstić information content (AvgIpc) is 2.96. The minimum Gasteiger partial charge on any atom is -0.0795 e. The Kier molecular flexibility index (Phi) is 1.49. The van der Waals surface area contributed by atoms with Crippen molar-refractivity contribution in [2.24, 2.45) is 0 Å². The third kappa shape index (κ3) is 0.943. The van der Waals surface area contributed by atoms with E-state index in [1.807, 2.05) is 0 Å². The summed E-state index contributed by atoms with van der Waals surface area (Å²) in [5.74, 6) is 0. The Hall–Kier alpha value is -1.82. The van der Waals surface area contributed by atoms with Crippen LogP contribution in [0.1, 0.15) is 17.5 Å². The Morgan fingerprint density at radius 1 is 0.938 bits per heavy atom. The van der Waals surface area contributed by atoms with Crippen LogP contribution in [-0.4, -0.2) is 0 Å². The topological polar surface area (TPSA) is 0 Å². The molecule has 2 aliphatic carbocycles. The van der Waals surface area contributed by atoms with Crippen LogP contribution in [0.25, 0.3) is 29.0 Å². The van der Waals surface area contributed by atoms with Crippen LogP contribution in [0.5, 0.6) is 0 Å². The highest BCUT2D eigenvalue weighted by Gasteiger charge is 2.10. The lowest BCUT2D eigenvalue weighted by atomic mass is 9.99. The number of hydrogen-bond donors (Lipinski definition) is 0. The zero-order chi connectivity index (χ0) is 10.5. The smallest absolute Gasteiger partial charge is 0.00333 e. The number of fused-ring (bicyclic) bond motifs is 5. The first-order valence-electron chi connectivity index (χ1n) is 5.85. The Labute approximate surface area is 94.2 Å². The molecular formula is C16H12. The summed E-state index contributed by atoms with van der Waals surface area (Å²) >= 11 is 0. The average molecular weight is 204 g/mol. The predicted octanol–water partition coefficient (Wildman–Crippen LogP) is 2.37. The molecule has 2 aromatic rings. The number of rotatable bonds is 0. The molecule has 0 heterocycles. The first kappa shape index (κ1) is 8.35. The van der Waals surface area contributed by atoms with Crippen molar-refractivity contribution < 1.29 is 0 Å². The summed E-state index contributed by atoms with van der Waals surface area (Å²) in [6, 6.07) is 9.01. The van der Waals surface area contributed by atoms with Gasteiger partial charge in [-0.2, -0.15) is 0 Å². The maximum atomic E-state index is 2.35. The second kappa shape index (κ2) is 2.85. The molecule has 76 valence electrons. The minimum atomic E-state index is 1.09. The monoisotopic (exact) mass is 204 g/mol. The predicted molar refractivity (Wildman–Crippen MR) is 69.5 cm³/mol. The van der Waals surface area contributed by atoms with Crippen molar-refractivity contribution in [1.29, 1.82) is 0 Å². The molecule has 0 aliphatic heterocycles. The molecule has 0 radical (unpaired) electrons. The Morgan fingerprint density at radius 3 is 2.88 bits per heavy atom. The van der Waals surface area contributed by atoms with Crippen LogP contribution in [0, 0.1) is 0 Å². The van der Waals surface area contributed by atoms with E-state index < -0.39 is 0 Å². The van der Waals surface area contributed by atoms with E-state index in [0.29, 0.717) is 0 Å². The fourth-order valence-corrected chi connectivity index (χ4v) is 2.91. The lowest BCUT2D eigenvalue weighted by Crippen LogP contribution is -2.22. The second-order valence-corrected chi connectivity index (χ2v) is 4.56. The fraction of sp³-hybridized carbons (Fsp3) is 0.125. The van der Waals surface area contributed by atoms with Crippen molar-refractivity contribution in [3.63, 3.8) is 0 Å². The highest BCUT2D eigenvalue weighted by Crippen LogP contribution is 2.25. The number of hydrogen-bond acceptors (Lipinski definition) is 0. The summed E-state index contributed by atoms with van der Waals surface area (Å²) in [6.45, 7) is 0. The van der Waals surface area contributed by atoms with E-state index in [2.05, 4.69) is 48.6 Å². The van der Waals surface area contributed by atoms with Gasteiger partial charge in [-0.1, -0.05) is 48.6 Å². The summed E-state index contributed by atoms with van der Waals surface area (Å²) in [6.07, 6.45) is 11.4. The molecular weight excluding hydrogens is 192 g/mol. The van der Waals surface area contributed by atoms with E-state index in [9.17, 15) is 0 Å². The zero-order valence-electron chi connectivity index (χ0n) is 9.03. The van der Waals surface area contributed by atoms with Gasteiger partial charge < -0.3 is 0 Å². The Balaban J connectivity index is 2.35. The van der Waals surface area contributed by atoms with Gasteiger partial charge in [-0.15, -0.1) is 0 Å². The van der Waals surface area contributed by atoms with Crippen LogP contribution < -0.4 is 10.4 Å². The lowest BCUT2D eigenvalue weighted by molar-refractivity contribution is 1.32. The normalized spacial score (nSPS) is 15.8. The summed E-state index contributed by atoms with van der Waals surface area (Å²) in [5.41, 5.74) is 2.92. The molecule has 0 unspecified atom stereocenters. The van der Waals surface area contributed by atoms with Crippen molar-refractivity contribution in [1.82, 2.24) is 0 Å². The first-order chi connectivity index (χ1) is 7.93. The summed E-state index contributed by atoms with van der Waals surface area (Å²) in [5, 5.41) is 5.68. The highest BCUT2D eigenvalue weighted by molar-refractivity contribution is 5.94. The van der Waals surface area contributed by atoms with Gasteiger partial charge in [0.2, 0.25) is 0 Å². The molecule has 16 heavy (non-hydrogen) atoms. The molecule has 4 rings (SSSR count). The van der Waals surface area contributed by atoms with Gasteiger partial charge in [0.05, 0.1) is 0 Å². The molecule has 2 aliphatic rings. The molecule has 0 heteroatoms. The van der Waals surface area contributed by atoms with E-state index in [1.54, 1.807) is 0 Å². The van der Waals surface area contributed by atoms with Gasteiger partial charge in [-0.05, 0) is 45.2 Å². The molecule has 0 nitrogen and oxygen atoms in total. The summed E-state index contributed by atoms with van der Waals surface area (Å²) in [4.78, 5) is 0. The van der Waals surface area contributed by atoms with Crippen LogP contribution in [0.4, 0.5) is 0 Å². The van der Waals surface area contributed by atoms with E-state index in [1.165, 1.54) is 32.3 Å². The summed E-state index contributed by atoms with van der Waals surface area (Å²) in [7, 11) is 0. The SMILES string of the molecule is C1=Cc2c(ccc3ccc4c(c23)=CCC=4)C1. The van der Waals surface area contributed by atoms with Gasteiger partial charge >= 0.3 is 0 Å². The first-order valence-corrected chi connectivity index (χ1v) is 5.85. The van der Waals surface area contributed by atoms with Crippen molar-refractivity contribution in [3.8, 4) is 0 Å². The molecule has 0 N–H and O–H groups in total. The zero-order valence-corrected chi connectivity index (χ0v) is 9.03. The fourth-order valence-electron chi connectivity index (χ4n) is 2.91. The van der Waals surface area contributed by atoms with Gasteiger partial charge in [0, 0.05) is 0 Å². The standard InChI is InChI=1S/C16H12/c1-3-11-7-9-13-10-8-12-4-2-6-15(12)16(13)14(11)5-1/h1,4-10H,2-3H2. The molecule has 0 saturated heterocycles. The number of benzene rings is 2. The van der Waals surface area contributed by atoms with Crippen molar-refractivity contribution in [3.05, 3.63) is 51.9 Å². The van der Waals surface area contributed by atoms with Gasteiger partial charge in [-0.3, -0.25) is 0 Å². The molecule has 2 aromatic carbocycles. The maximum absolute atomic E-state index is 2.35. The third-order valence-electron chi connectivity index (χ3n) is 3.67. The van der Waals surface area contributed by atoms with Crippen LogP contribution >= 0.6 is 0 Å². The Bertz CT molecular complexity index is 746. The molecule has 0 amide bonds. The van der Waals surface area contributed by atoms with E-state index >= 15 is 0 Å². The van der Waals surface area contributed by atoms with Gasteiger partial charge in [0.25, 0.3) is 0 Å². The summed E-state index contributed by atoms with van der Waals surface area (Å²) < 4.78 is 0. The largest absolute Gasteiger partial charge is 0.0795 e. The lowest BCUT2D eigenvalue weighted by Gasteiger charge is -2.05. The van der Waals surface area contributed by atoms with Crippen LogP contribution in [0.15, 0.2) is 30.3 Å². The van der Waals surface area contributed by atoms with Crippen molar-refractivity contribution in [2.45, 2.75) is 12.8 Å². The van der Waals surface area contributed by atoms with E-state index in [-0.39, 0.29) is 0 Å². The number of allylic oxidation sites excluding steroid dienone is 1. The van der Waals surface area contributed by atoms with Crippen molar-refractivity contribution in [2.75, 3.05) is 0 Å². The Morgan fingerprint density at radius 2 is 1.88 bits per heavy atom. The van der Waals surface area contributed by atoms with Crippen molar-refractivity contribution >= 4 is 29.0 Å². The third-order valence-corrected chi connectivity index (χ3v) is 3.67.